The SMILES string of the molecule is C.Cc1nnc2ccc(Cl)nn12.Cc1nnc2ccc(NN)nn12. The number of nitrogen functional groups attached to an aromatic ring is 1. The number of rotatable bonds is 1. The molecule has 0 bridgehead atoms. The number of nitrogens with one attached hydrogen (secondary N) is 1. The largest absolute Gasteiger partial charge is 0.307 e. The molecule has 4 rings (SSSR count). The maximum atomic E-state index is 5.66. The molecule has 0 radical (unpaired) electrons. The number of hydrogen-bond acceptors (Lipinski definition) is 8. The van der Waals surface area contributed by atoms with Gasteiger partial charge in [0.25, 0.3) is 0 Å². The molecule has 0 aliphatic carbocycles. The van der Waals surface area contributed by atoms with Crippen molar-refractivity contribution in [3.8, 4) is 0 Å². The minimum Gasteiger partial charge on any atom is -0.307 e. The van der Waals surface area contributed by atoms with Gasteiger partial charge >= 0.3 is 0 Å². The molecule has 0 aliphatic rings. The highest BCUT2D eigenvalue weighted by Crippen LogP contribution is 2.06. The highest BCUT2D eigenvalue weighted by Gasteiger charge is 2.01. The molecular weight excluding hydrogens is 332 g/mol. The van der Waals surface area contributed by atoms with Crippen LogP contribution in [0.2, 0.25) is 5.15 Å². The number of halogens is 1. The van der Waals surface area contributed by atoms with Gasteiger partial charge in [0.05, 0.1) is 0 Å². The predicted octanol–water partition coefficient (Wildman–Crippen LogP) is 1.44. The van der Waals surface area contributed by atoms with Crippen LogP contribution < -0.4 is 11.3 Å². The first-order valence-corrected chi connectivity index (χ1v) is 6.96. The highest BCUT2D eigenvalue weighted by molar-refractivity contribution is 6.29. The monoisotopic (exact) mass is 348 g/mol. The van der Waals surface area contributed by atoms with Gasteiger partial charge < -0.3 is 5.43 Å². The second-order valence-electron chi connectivity index (χ2n) is 4.55. The van der Waals surface area contributed by atoms with Crippen LogP contribution in [0.4, 0.5) is 5.82 Å². The zero-order valence-corrected chi connectivity index (χ0v) is 13.1. The molecule has 0 amide bonds. The maximum absolute atomic E-state index is 5.66. The van der Waals surface area contributed by atoms with Crippen molar-refractivity contribution in [2.75, 3.05) is 5.43 Å². The number of hydrogen-bond donors (Lipinski definition) is 2. The molecule has 126 valence electrons. The van der Waals surface area contributed by atoms with Crippen LogP contribution in [0.1, 0.15) is 19.1 Å². The summed E-state index contributed by atoms with van der Waals surface area (Å²) >= 11 is 5.66. The van der Waals surface area contributed by atoms with E-state index in [2.05, 4.69) is 36.0 Å². The van der Waals surface area contributed by atoms with Crippen LogP contribution in [0.3, 0.4) is 0 Å². The molecule has 3 N–H and O–H groups in total. The molecule has 0 atom stereocenters. The second kappa shape index (κ2) is 7.15. The van der Waals surface area contributed by atoms with Gasteiger partial charge in [-0.1, -0.05) is 19.0 Å². The first kappa shape index (κ1) is 17.5. The van der Waals surface area contributed by atoms with Gasteiger partial charge in [0, 0.05) is 0 Å². The zero-order valence-electron chi connectivity index (χ0n) is 12.3. The van der Waals surface area contributed by atoms with Crippen molar-refractivity contribution in [1.29, 1.82) is 0 Å². The molecule has 4 aromatic heterocycles. The van der Waals surface area contributed by atoms with Gasteiger partial charge in [-0.05, 0) is 38.1 Å². The Balaban J connectivity index is 0.000000167. The fourth-order valence-corrected chi connectivity index (χ4v) is 1.99. The van der Waals surface area contributed by atoms with Crippen molar-refractivity contribution < 1.29 is 0 Å². The van der Waals surface area contributed by atoms with E-state index >= 15 is 0 Å². The van der Waals surface area contributed by atoms with E-state index < -0.39 is 0 Å². The fraction of sp³-hybridized carbons (Fsp3) is 0.231. The summed E-state index contributed by atoms with van der Waals surface area (Å²) in [5.74, 6) is 7.26. The van der Waals surface area contributed by atoms with E-state index in [1.54, 1.807) is 33.3 Å². The maximum Gasteiger partial charge on any atom is 0.178 e. The molecule has 0 saturated heterocycles. The first-order chi connectivity index (χ1) is 11.1. The van der Waals surface area contributed by atoms with Gasteiger partial charge in [-0.25, -0.2) is 5.84 Å². The summed E-state index contributed by atoms with van der Waals surface area (Å²) in [5, 5.41) is 24.0. The average Bonchev–Trinajstić information content (AvgIpc) is 3.11. The summed E-state index contributed by atoms with van der Waals surface area (Å²) in [6, 6.07) is 6.99. The Kier molecular flexibility index (Phi) is 5.21. The Morgan fingerprint density at radius 3 is 2.00 bits per heavy atom. The molecule has 10 nitrogen and oxygen atoms in total. The zero-order chi connectivity index (χ0) is 16.4. The van der Waals surface area contributed by atoms with E-state index in [4.69, 9.17) is 17.4 Å². The van der Waals surface area contributed by atoms with Gasteiger partial charge in [-0.2, -0.15) is 14.1 Å². The predicted molar refractivity (Wildman–Crippen MR) is 90.6 cm³/mol. The van der Waals surface area contributed by atoms with Crippen LogP contribution in [-0.4, -0.2) is 39.6 Å². The van der Waals surface area contributed by atoms with Crippen molar-refractivity contribution in [2.24, 2.45) is 5.84 Å². The van der Waals surface area contributed by atoms with Crippen LogP contribution in [-0.2, 0) is 0 Å². The Bertz CT molecular complexity index is 960. The smallest absolute Gasteiger partial charge is 0.178 e. The lowest BCUT2D eigenvalue weighted by Gasteiger charge is -1.98. The van der Waals surface area contributed by atoms with Crippen LogP contribution >= 0.6 is 11.6 Å². The third kappa shape index (κ3) is 3.39. The van der Waals surface area contributed by atoms with E-state index in [-0.39, 0.29) is 7.43 Å². The number of anilines is 1. The Morgan fingerprint density at radius 2 is 1.42 bits per heavy atom. The number of nitrogens with two attached hydrogens (primary N) is 1. The van der Waals surface area contributed by atoms with Crippen LogP contribution in [0, 0.1) is 13.8 Å². The number of hydrazine groups is 1. The molecule has 4 aromatic rings. The number of aromatic nitrogens is 8. The summed E-state index contributed by atoms with van der Waals surface area (Å²) in [4.78, 5) is 0. The van der Waals surface area contributed by atoms with Gasteiger partial charge in [0.1, 0.15) is 5.15 Å². The van der Waals surface area contributed by atoms with E-state index in [1.165, 1.54) is 0 Å². The lowest BCUT2D eigenvalue weighted by molar-refractivity contribution is 0.875. The average molecular weight is 349 g/mol. The topological polar surface area (TPSA) is 124 Å². The summed E-state index contributed by atoms with van der Waals surface area (Å²) in [6.07, 6.45) is 0. The van der Waals surface area contributed by atoms with Crippen molar-refractivity contribution in [3.63, 3.8) is 0 Å². The molecule has 11 heteroatoms. The van der Waals surface area contributed by atoms with Crippen LogP contribution in [0.25, 0.3) is 11.3 Å². The third-order valence-corrected chi connectivity index (χ3v) is 3.15. The molecule has 0 spiro atoms. The van der Waals surface area contributed by atoms with E-state index in [0.717, 1.165) is 11.6 Å². The number of nitrogens with zero attached hydrogens (tertiary/aromatic N) is 8. The van der Waals surface area contributed by atoms with Crippen LogP contribution in [0.5, 0.6) is 0 Å². The molecule has 0 fully saturated rings. The Labute approximate surface area is 142 Å². The lowest BCUT2D eigenvalue weighted by Crippen LogP contribution is -2.10. The number of aryl methyl sites for hydroxylation is 2. The third-order valence-electron chi connectivity index (χ3n) is 2.95. The molecule has 0 aromatic carbocycles. The lowest BCUT2D eigenvalue weighted by atomic mass is 10.5. The van der Waals surface area contributed by atoms with Crippen molar-refractivity contribution in [3.05, 3.63) is 41.1 Å². The Hall–Kier alpha value is -2.85. The fourth-order valence-electron chi connectivity index (χ4n) is 1.85. The van der Waals surface area contributed by atoms with E-state index in [0.29, 0.717) is 22.3 Å². The summed E-state index contributed by atoms with van der Waals surface area (Å²) in [7, 11) is 0. The Morgan fingerprint density at radius 1 is 0.875 bits per heavy atom. The highest BCUT2D eigenvalue weighted by atomic mass is 35.5. The molecular formula is C13H17ClN10. The van der Waals surface area contributed by atoms with E-state index in [9.17, 15) is 0 Å². The summed E-state index contributed by atoms with van der Waals surface area (Å²) < 4.78 is 3.22. The van der Waals surface area contributed by atoms with Gasteiger partial charge in [0.2, 0.25) is 0 Å². The van der Waals surface area contributed by atoms with Crippen molar-refractivity contribution in [2.45, 2.75) is 21.3 Å². The summed E-state index contributed by atoms with van der Waals surface area (Å²) in [5.41, 5.74) is 3.88. The molecule has 4 heterocycles. The molecule has 24 heavy (non-hydrogen) atoms. The van der Waals surface area contributed by atoms with Gasteiger partial charge in [-0.15, -0.1) is 25.5 Å². The minimum absolute atomic E-state index is 0. The molecule has 0 unspecified atom stereocenters. The van der Waals surface area contributed by atoms with Gasteiger partial charge in [-0.3, -0.25) is 0 Å². The molecule has 0 saturated carbocycles. The molecule has 0 aliphatic heterocycles. The van der Waals surface area contributed by atoms with Crippen molar-refractivity contribution >= 4 is 28.7 Å². The summed E-state index contributed by atoms with van der Waals surface area (Å²) in [6.45, 7) is 3.65. The van der Waals surface area contributed by atoms with Crippen molar-refractivity contribution in [1.82, 2.24) is 39.6 Å². The first-order valence-electron chi connectivity index (χ1n) is 6.59. The van der Waals surface area contributed by atoms with E-state index in [1.807, 2.05) is 13.8 Å². The standard InChI is InChI=1S/C6H5ClN4.C6H8N6.CH4/c1-4-8-9-6-3-2-5(7)10-11(4)6;1-4-9-10-6-3-2-5(8-7)11-12(4)6;/h2-3H,1H3;2-3H,7H2,1H3,(H,8,11);1H4. The number of fused-ring (bicyclic) bond motifs is 2. The quantitative estimate of drug-likeness (QED) is 0.391. The second-order valence-corrected chi connectivity index (χ2v) is 4.94. The van der Waals surface area contributed by atoms with Gasteiger partial charge in [0.15, 0.2) is 28.8 Å². The normalized spacial score (nSPS) is 10.2. The minimum atomic E-state index is 0. The van der Waals surface area contributed by atoms with Crippen LogP contribution in [0.15, 0.2) is 24.3 Å².